The molecule has 0 spiro atoms. The van der Waals surface area contributed by atoms with Crippen LogP contribution in [0.4, 0.5) is 22.7 Å². The zero-order valence-corrected chi connectivity index (χ0v) is 15.4. The molecule has 0 unspecified atom stereocenters. The van der Waals surface area contributed by atoms with Crippen LogP contribution < -0.4 is 10.6 Å². The molecule has 0 radical (unpaired) electrons. The van der Waals surface area contributed by atoms with Crippen molar-refractivity contribution in [3.8, 4) is 0 Å². The fourth-order valence-electron chi connectivity index (χ4n) is 2.02. The minimum absolute atomic E-state index is 0.287. The molecule has 0 heterocycles. The maximum Gasteiger partial charge on any atom is 0.296 e. The lowest BCUT2D eigenvalue weighted by Gasteiger charge is -2.11. The molecule has 0 saturated carbocycles. The van der Waals surface area contributed by atoms with E-state index in [1.807, 2.05) is 19.0 Å². The normalized spacial score (nSPS) is 12.5. The van der Waals surface area contributed by atoms with Crippen molar-refractivity contribution in [3.05, 3.63) is 36.4 Å². The molecule has 0 atom stereocenters. The van der Waals surface area contributed by atoms with Crippen molar-refractivity contribution in [2.45, 2.75) is 9.79 Å². The first-order valence-electron chi connectivity index (χ1n) is 6.97. The van der Waals surface area contributed by atoms with Crippen LogP contribution in [-0.4, -0.2) is 40.0 Å². The molecule has 140 valence electrons. The number of benzene rings is 2. The standard InChI is InChI=1S/C14H16N4O6S2/c1-18(2)11-5-3-10(4-6-11)16-17-14-12(25(19,20)21)7-9(15)8-13(14)26(22,23)24/h3-8H,15H2,1-2H3,(H,19,20,21)(H,22,23,24)/b17-16+. The average molecular weight is 400 g/mol. The lowest BCUT2D eigenvalue weighted by atomic mass is 10.3. The van der Waals surface area contributed by atoms with Crippen LogP contribution in [0.2, 0.25) is 0 Å². The SMILES string of the molecule is CN(C)c1ccc(/N=N/c2c(S(=O)(=O)O)cc(N)cc2S(=O)(=O)O)cc1. The first-order chi connectivity index (χ1) is 11.9. The van der Waals surface area contributed by atoms with Crippen molar-refractivity contribution in [2.24, 2.45) is 10.2 Å². The largest absolute Gasteiger partial charge is 0.399 e. The lowest BCUT2D eigenvalue weighted by Crippen LogP contribution is -2.07. The van der Waals surface area contributed by atoms with Crippen LogP contribution in [0.3, 0.4) is 0 Å². The highest BCUT2D eigenvalue weighted by molar-refractivity contribution is 7.87. The maximum absolute atomic E-state index is 11.5. The van der Waals surface area contributed by atoms with E-state index in [1.54, 1.807) is 24.3 Å². The van der Waals surface area contributed by atoms with Gasteiger partial charge in [0.25, 0.3) is 20.2 Å². The van der Waals surface area contributed by atoms with Crippen molar-refractivity contribution in [1.29, 1.82) is 0 Å². The zero-order valence-electron chi connectivity index (χ0n) is 13.7. The van der Waals surface area contributed by atoms with Gasteiger partial charge >= 0.3 is 0 Å². The van der Waals surface area contributed by atoms with E-state index in [2.05, 4.69) is 10.2 Å². The summed E-state index contributed by atoms with van der Waals surface area (Å²) in [4.78, 5) is 0.0610. The number of anilines is 2. The Morgan fingerprint density at radius 2 is 1.35 bits per heavy atom. The van der Waals surface area contributed by atoms with Gasteiger partial charge in [-0.2, -0.15) is 21.9 Å². The summed E-state index contributed by atoms with van der Waals surface area (Å²) in [6.45, 7) is 0. The molecular formula is C14H16N4O6S2. The molecule has 0 saturated heterocycles. The summed E-state index contributed by atoms with van der Waals surface area (Å²) in [6.07, 6.45) is 0. The van der Waals surface area contributed by atoms with E-state index >= 15 is 0 Å². The van der Waals surface area contributed by atoms with Crippen LogP contribution in [0.1, 0.15) is 0 Å². The lowest BCUT2D eigenvalue weighted by molar-refractivity contribution is 0.481. The molecule has 26 heavy (non-hydrogen) atoms. The molecule has 0 aliphatic rings. The summed E-state index contributed by atoms with van der Waals surface area (Å²) in [5.74, 6) is 0. The van der Waals surface area contributed by atoms with Crippen LogP contribution in [-0.2, 0) is 20.2 Å². The molecule has 0 aliphatic carbocycles. The molecule has 4 N–H and O–H groups in total. The van der Waals surface area contributed by atoms with E-state index in [9.17, 15) is 25.9 Å². The van der Waals surface area contributed by atoms with Crippen LogP contribution >= 0.6 is 0 Å². The van der Waals surface area contributed by atoms with Crippen molar-refractivity contribution >= 4 is 43.0 Å². The number of rotatable bonds is 5. The molecule has 12 heteroatoms. The number of nitrogen functional groups attached to an aromatic ring is 1. The molecule has 2 aromatic rings. The smallest absolute Gasteiger partial charge is 0.296 e. The molecular weight excluding hydrogens is 384 g/mol. The van der Waals surface area contributed by atoms with Crippen LogP contribution in [0.5, 0.6) is 0 Å². The molecule has 0 aliphatic heterocycles. The van der Waals surface area contributed by atoms with Crippen molar-refractivity contribution in [2.75, 3.05) is 24.7 Å². The third-order valence-corrected chi connectivity index (χ3v) is 4.98. The van der Waals surface area contributed by atoms with Crippen molar-refractivity contribution in [1.82, 2.24) is 0 Å². The van der Waals surface area contributed by atoms with Gasteiger partial charge in [-0.15, -0.1) is 5.11 Å². The molecule has 10 nitrogen and oxygen atoms in total. The van der Waals surface area contributed by atoms with Gasteiger partial charge < -0.3 is 10.6 Å². The monoisotopic (exact) mass is 400 g/mol. The van der Waals surface area contributed by atoms with Gasteiger partial charge in [0.2, 0.25) is 0 Å². The fraction of sp³-hybridized carbons (Fsp3) is 0.143. The highest BCUT2D eigenvalue weighted by Crippen LogP contribution is 2.35. The predicted octanol–water partition coefficient (Wildman–Crippen LogP) is 2.24. The van der Waals surface area contributed by atoms with Crippen LogP contribution in [0.15, 0.2) is 56.4 Å². The Morgan fingerprint density at radius 3 is 1.73 bits per heavy atom. The van der Waals surface area contributed by atoms with Gasteiger partial charge in [-0.3, -0.25) is 9.11 Å². The summed E-state index contributed by atoms with van der Waals surface area (Å²) in [5.41, 5.74) is 5.55. The second-order valence-electron chi connectivity index (χ2n) is 5.43. The average Bonchev–Trinajstić information content (AvgIpc) is 2.51. The van der Waals surface area contributed by atoms with E-state index in [1.165, 1.54) is 0 Å². The molecule has 0 aromatic heterocycles. The molecule has 0 amide bonds. The van der Waals surface area contributed by atoms with Gasteiger partial charge in [-0.25, -0.2) is 0 Å². The zero-order chi connectivity index (χ0) is 19.7. The number of azo groups is 1. The number of hydrogen-bond acceptors (Lipinski definition) is 8. The summed E-state index contributed by atoms with van der Waals surface area (Å²) in [6, 6.07) is 8.18. The Hall–Kier alpha value is -2.54. The topological polar surface area (TPSA) is 163 Å². The van der Waals surface area contributed by atoms with E-state index in [0.717, 1.165) is 17.8 Å². The van der Waals surface area contributed by atoms with Gasteiger partial charge in [-0.05, 0) is 36.4 Å². The molecule has 2 aromatic carbocycles. The highest BCUT2D eigenvalue weighted by Gasteiger charge is 2.26. The number of nitrogens with two attached hydrogens (primary N) is 1. The quantitative estimate of drug-likeness (QED) is 0.391. The Bertz CT molecular complexity index is 1010. The van der Waals surface area contributed by atoms with Gasteiger partial charge in [0.1, 0.15) is 15.5 Å². The molecule has 0 fully saturated rings. The Morgan fingerprint density at radius 1 is 0.885 bits per heavy atom. The van der Waals surface area contributed by atoms with E-state index in [0.29, 0.717) is 0 Å². The van der Waals surface area contributed by atoms with Crippen molar-refractivity contribution in [3.63, 3.8) is 0 Å². The number of hydrogen-bond donors (Lipinski definition) is 3. The second kappa shape index (κ2) is 6.99. The summed E-state index contributed by atoms with van der Waals surface area (Å²) in [7, 11) is -6.08. The minimum atomic E-state index is -4.88. The first kappa shape index (κ1) is 19.8. The first-order valence-corrected chi connectivity index (χ1v) is 9.85. The predicted molar refractivity (Wildman–Crippen MR) is 95.4 cm³/mol. The Balaban J connectivity index is 2.63. The van der Waals surface area contributed by atoms with Gasteiger partial charge in [0.15, 0.2) is 0 Å². The Kier molecular flexibility index (Phi) is 5.32. The minimum Gasteiger partial charge on any atom is -0.399 e. The van der Waals surface area contributed by atoms with Gasteiger partial charge in [-0.1, -0.05) is 0 Å². The van der Waals surface area contributed by atoms with E-state index in [4.69, 9.17) is 5.73 Å². The summed E-state index contributed by atoms with van der Waals surface area (Å²) >= 11 is 0. The third kappa shape index (κ3) is 4.54. The highest BCUT2D eigenvalue weighted by atomic mass is 32.2. The third-order valence-electron chi connectivity index (χ3n) is 3.25. The second-order valence-corrected chi connectivity index (χ2v) is 8.21. The number of nitrogens with zero attached hydrogens (tertiary/aromatic N) is 3. The maximum atomic E-state index is 11.5. The summed E-state index contributed by atoms with van der Waals surface area (Å²) < 4.78 is 64.8. The van der Waals surface area contributed by atoms with Gasteiger partial charge in [0, 0.05) is 25.5 Å². The van der Waals surface area contributed by atoms with E-state index < -0.39 is 35.7 Å². The van der Waals surface area contributed by atoms with Gasteiger partial charge in [0.05, 0.1) is 5.69 Å². The van der Waals surface area contributed by atoms with Crippen LogP contribution in [0, 0.1) is 0 Å². The van der Waals surface area contributed by atoms with E-state index in [-0.39, 0.29) is 11.4 Å². The molecule has 0 bridgehead atoms. The Labute approximate surface area is 150 Å². The molecule has 2 rings (SSSR count). The van der Waals surface area contributed by atoms with Crippen molar-refractivity contribution < 1.29 is 25.9 Å². The summed E-state index contributed by atoms with van der Waals surface area (Å²) in [5, 5.41) is 7.37. The van der Waals surface area contributed by atoms with Crippen LogP contribution in [0.25, 0.3) is 0 Å². The fourth-order valence-corrected chi connectivity index (χ4v) is 3.44.